The fourth-order valence-corrected chi connectivity index (χ4v) is 2.30. The van der Waals surface area contributed by atoms with Crippen molar-refractivity contribution >= 4 is 23.6 Å². The monoisotopic (exact) mass is 339 g/mol. The van der Waals surface area contributed by atoms with Gasteiger partial charge in [-0.25, -0.2) is 4.39 Å². The molecule has 1 N–H and O–H groups in total. The number of amides is 1. The molecule has 0 aliphatic rings. The van der Waals surface area contributed by atoms with Crippen molar-refractivity contribution in [2.45, 2.75) is 12.1 Å². The van der Waals surface area contributed by atoms with Crippen LogP contribution in [0.1, 0.15) is 6.92 Å². The number of halogens is 1. The molecule has 0 aliphatic carbocycles. The molecule has 23 heavy (non-hydrogen) atoms. The average molecular weight is 339 g/mol. The van der Waals surface area contributed by atoms with E-state index in [4.69, 9.17) is 4.74 Å². The van der Waals surface area contributed by atoms with Gasteiger partial charge in [0.25, 0.3) is 0 Å². The molecule has 1 amide bonds. The number of ether oxygens (including phenoxy) is 1. The molecule has 0 fully saturated rings. The molecule has 0 unspecified atom stereocenters. The van der Waals surface area contributed by atoms with Crippen LogP contribution in [0.25, 0.3) is 5.69 Å². The average Bonchev–Trinajstić information content (AvgIpc) is 3.00. The van der Waals surface area contributed by atoms with Crippen LogP contribution in [0.5, 0.6) is 0 Å². The fraction of sp³-hybridized carbons (Fsp3) is 0.308. The molecule has 2 rings (SSSR count). The van der Waals surface area contributed by atoms with E-state index in [1.165, 1.54) is 28.9 Å². The first kappa shape index (κ1) is 16.9. The van der Waals surface area contributed by atoms with Gasteiger partial charge in [-0.15, -0.1) is 5.10 Å². The van der Waals surface area contributed by atoms with E-state index in [0.29, 0.717) is 10.8 Å². The Kier molecular flexibility index (Phi) is 6.03. The van der Waals surface area contributed by atoms with Gasteiger partial charge in [0, 0.05) is 0 Å². The van der Waals surface area contributed by atoms with Crippen LogP contribution in [0.4, 0.5) is 4.39 Å². The Balaban J connectivity index is 1.89. The summed E-state index contributed by atoms with van der Waals surface area (Å²) in [4.78, 5) is 22.8. The maximum Gasteiger partial charge on any atom is 0.325 e. The van der Waals surface area contributed by atoms with Gasteiger partial charge in [-0.3, -0.25) is 9.59 Å². The molecule has 122 valence electrons. The van der Waals surface area contributed by atoms with Crippen LogP contribution < -0.4 is 5.32 Å². The molecule has 0 saturated heterocycles. The highest BCUT2D eigenvalue weighted by Gasteiger charge is 2.12. The zero-order chi connectivity index (χ0) is 16.7. The maximum atomic E-state index is 12.9. The van der Waals surface area contributed by atoms with Gasteiger partial charge in [0.1, 0.15) is 12.4 Å². The Hall–Kier alpha value is -2.49. The second-order valence-electron chi connectivity index (χ2n) is 4.22. The highest BCUT2D eigenvalue weighted by atomic mass is 32.2. The van der Waals surface area contributed by atoms with E-state index >= 15 is 0 Å². The van der Waals surface area contributed by atoms with Crippen molar-refractivity contribution in [2.75, 3.05) is 18.9 Å². The van der Waals surface area contributed by atoms with Crippen LogP contribution >= 0.6 is 11.8 Å². The molecule has 0 bridgehead atoms. The molecule has 1 heterocycles. The van der Waals surface area contributed by atoms with Crippen molar-refractivity contribution in [2.24, 2.45) is 0 Å². The van der Waals surface area contributed by atoms with Crippen LogP contribution in [0.15, 0.2) is 29.4 Å². The summed E-state index contributed by atoms with van der Waals surface area (Å²) in [6, 6.07) is 5.63. The van der Waals surface area contributed by atoms with Crippen molar-refractivity contribution < 1.29 is 18.7 Å². The lowest BCUT2D eigenvalue weighted by molar-refractivity contribution is -0.143. The molecular formula is C13H14FN5O3S. The highest BCUT2D eigenvalue weighted by molar-refractivity contribution is 7.99. The lowest BCUT2D eigenvalue weighted by Gasteiger charge is -2.05. The number of nitrogens with zero attached hydrogens (tertiary/aromatic N) is 4. The summed E-state index contributed by atoms with van der Waals surface area (Å²) < 4.78 is 19.0. The van der Waals surface area contributed by atoms with E-state index in [9.17, 15) is 14.0 Å². The SMILES string of the molecule is CCOC(=O)CNC(=O)CSc1nnnn1-c1ccc(F)cc1. The summed E-state index contributed by atoms with van der Waals surface area (Å²) in [5.74, 6) is -1.19. The summed E-state index contributed by atoms with van der Waals surface area (Å²) in [6.45, 7) is 1.76. The Bertz CT molecular complexity index is 677. The number of carbonyl (C=O) groups is 2. The lowest BCUT2D eigenvalue weighted by Crippen LogP contribution is -2.31. The third-order valence-electron chi connectivity index (χ3n) is 2.58. The van der Waals surface area contributed by atoms with Crippen molar-refractivity contribution in [3.63, 3.8) is 0 Å². The number of hydrogen-bond donors (Lipinski definition) is 1. The molecule has 0 saturated carbocycles. The molecule has 0 radical (unpaired) electrons. The van der Waals surface area contributed by atoms with Crippen LogP contribution in [-0.2, 0) is 14.3 Å². The summed E-state index contributed by atoms with van der Waals surface area (Å²) in [6.07, 6.45) is 0. The van der Waals surface area contributed by atoms with Crippen LogP contribution in [0, 0.1) is 5.82 Å². The van der Waals surface area contributed by atoms with E-state index in [1.54, 1.807) is 6.92 Å². The highest BCUT2D eigenvalue weighted by Crippen LogP contribution is 2.17. The minimum absolute atomic E-state index is 0.0287. The van der Waals surface area contributed by atoms with Crippen molar-refractivity contribution in [3.05, 3.63) is 30.1 Å². The summed E-state index contributed by atoms with van der Waals surface area (Å²) in [5, 5.41) is 14.0. The van der Waals surface area contributed by atoms with E-state index in [2.05, 4.69) is 20.8 Å². The fourth-order valence-electron chi connectivity index (χ4n) is 1.58. The Morgan fingerprint density at radius 3 is 2.78 bits per heavy atom. The topological polar surface area (TPSA) is 99.0 Å². The number of benzene rings is 1. The quantitative estimate of drug-likeness (QED) is 0.581. The third-order valence-corrected chi connectivity index (χ3v) is 3.50. The van der Waals surface area contributed by atoms with E-state index in [-0.39, 0.29) is 30.6 Å². The van der Waals surface area contributed by atoms with Gasteiger partial charge >= 0.3 is 5.97 Å². The normalized spacial score (nSPS) is 10.3. The van der Waals surface area contributed by atoms with Gasteiger partial charge in [-0.05, 0) is 41.6 Å². The van der Waals surface area contributed by atoms with E-state index in [0.717, 1.165) is 11.8 Å². The molecule has 1 aromatic heterocycles. The van der Waals surface area contributed by atoms with Crippen molar-refractivity contribution in [1.29, 1.82) is 0 Å². The molecule has 0 atom stereocenters. The third kappa shape index (κ3) is 5.02. The molecular weight excluding hydrogens is 325 g/mol. The summed E-state index contributed by atoms with van der Waals surface area (Å²) >= 11 is 1.09. The first-order valence-corrected chi connectivity index (χ1v) is 7.68. The van der Waals surface area contributed by atoms with Crippen LogP contribution in [0.2, 0.25) is 0 Å². The first-order chi connectivity index (χ1) is 11.1. The molecule has 0 aliphatic heterocycles. The minimum Gasteiger partial charge on any atom is -0.465 e. The number of rotatable bonds is 7. The van der Waals surface area contributed by atoms with Gasteiger partial charge in [0.2, 0.25) is 11.1 Å². The number of esters is 1. The van der Waals surface area contributed by atoms with E-state index < -0.39 is 5.97 Å². The number of hydrogen-bond acceptors (Lipinski definition) is 7. The summed E-state index contributed by atoms with van der Waals surface area (Å²) in [7, 11) is 0. The number of thioether (sulfide) groups is 1. The van der Waals surface area contributed by atoms with Crippen LogP contribution in [-0.4, -0.2) is 51.0 Å². The second kappa shape index (κ2) is 8.22. The molecule has 2 aromatic rings. The van der Waals surface area contributed by atoms with Crippen molar-refractivity contribution in [3.8, 4) is 5.69 Å². The maximum absolute atomic E-state index is 12.9. The Morgan fingerprint density at radius 1 is 1.35 bits per heavy atom. The second-order valence-corrected chi connectivity index (χ2v) is 5.16. The smallest absolute Gasteiger partial charge is 0.325 e. The zero-order valence-electron chi connectivity index (χ0n) is 12.2. The predicted molar refractivity (Wildman–Crippen MR) is 79.5 cm³/mol. The molecule has 10 heteroatoms. The Labute approximate surface area is 135 Å². The zero-order valence-corrected chi connectivity index (χ0v) is 13.0. The van der Waals surface area contributed by atoms with Crippen LogP contribution in [0.3, 0.4) is 0 Å². The van der Waals surface area contributed by atoms with Gasteiger partial charge < -0.3 is 10.1 Å². The molecule has 8 nitrogen and oxygen atoms in total. The summed E-state index contributed by atoms with van der Waals surface area (Å²) in [5.41, 5.74) is 0.575. The minimum atomic E-state index is -0.498. The van der Waals surface area contributed by atoms with Gasteiger partial charge in [0.05, 0.1) is 18.0 Å². The van der Waals surface area contributed by atoms with Gasteiger partial charge in [-0.2, -0.15) is 4.68 Å². The number of aromatic nitrogens is 4. The molecule has 1 aromatic carbocycles. The van der Waals surface area contributed by atoms with Crippen molar-refractivity contribution in [1.82, 2.24) is 25.5 Å². The number of nitrogens with one attached hydrogen (secondary N) is 1. The predicted octanol–water partition coefficient (Wildman–Crippen LogP) is 0.573. The number of tetrazole rings is 1. The first-order valence-electron chi connectivity index (χ1n) is 6.69. The lowest BCUT2D eigenvalue weighted by atomic mass is 10.3. The largest absolute Gasteiger partial charge is 0.465 e. The standard InChI is InChI=1S/C13H14FN5O3S/c1-2-22-12(21)7-15-11(20)8-23-13-16-17-18-19(13)10-5-3-9(14)4-6-10/h3-6H,2,7-8H2,1H3,(H,15,20). The van der Waals surface area contributed by atoms with Gasteiger partial charge in [-0.1, -0.05) is 11.8 Å². The number of carbonyl (C=O) groups excluding carboxylic acids is 2. The van der Waals surface area contributed by atoms with E-state index in [1.807, 2.05) is 0 Å². The Morgan fingerprint density at radius 2 is 2.09 bits per heavy atom. The molecule has 0 spiro atoms. The van der Waals surface area contributed by atoms with Gasteiger partial charge in [0.15, 0.2) is 0 Å².